The Bertz CT molecular complexity index is 1630. The van der Waals surface area contributed by atoms with Crippen molar-refractivity contribution in [3.8, 4) is 34.5 Å². The highest BCUT2D eigenvalue weighted by Crippen LogP contribution is 2.39. The summed E-state index contributed by atoms with van der Waals surface area (Å²) >= 11 is 0. The van der Waals surface area contributed by atoms with E-state index in [1.165, 1.54) is 85.1 Å². The monoisotopic (exact) mass is 608 g/mol. The standard InChI is InChI=1S/C29H29FN6O8/c1-39-19-11-15(12-20(40-2)24(19)43-5)28(37)32-27-23(34-33-18-10-8-7-9-17(18)30)26(31)35-36(27)29(38)16-13-21(41-3)25(44-6)22(14-16)42-4/h7-14,33H,1-6H3,(H2,31,35)/b32-27?,34-23-. The molecule has 1 saturated heterocycles. The third kappa shape index (κ3) is 6.01. The molecule has 44 heavy (non-hydrogen) atoms. The highest BCUT2D eigenvalue weighted by Gasteiger charge is 2.37. The van der Waals surface area contributed by atoms with Crippen molar-refractivity contribution in [2.24, 2.45) is 10.1 Å². The summed E-state index contributed by atoms with van der Waals surface area (Å²) in [7, 11) is 8.37. The summed E-state index contributed by atoms with van der Waals surface area (Å²) in [6.45, 7) is 0. The fraction of sp³-hybridized carbons (Fsp3) is 0.207. The van der Waals surface area contributed by atoms with Gasteiger partial charge in [-0.05, 0) is 36.4 Å². The normalized spacial score (nSPS) is 14.2. The van der Waals surface area contributed by atoms with Crippen molar-refractivity contribution >= 4 is 34.9 Å². The van der Waals surface area contributed by atoms with Gasteiger partial charge in [-0.15, -0.1) is 0 Å². The number of hydrogen-bond donors (Lipinski definition) is 3. The van der Waals surface area contributed by atoms with Crippen molar-refractivity contribution < 1.29 is 42.4 Å². The number of para-hydroxylation sites is 1. The van der Waals surface area contributed by atoms with Gasteiger partial charge in [0.1, 0.15) is 5.82 Å². The number of hydrazone groups is 1. The Morgan fingerprint density at radius 3 is 1.77 bits per heavy atom. The number of ether oxygens (including phenoxy) is 6. The lowest BCUT2D eigenvalue weighted by atomic mass is 10.1. The molecule has 0 aliphatic carbocycles. The predicted molar refractivity (Wildman–Crippen MR) is 158 cm³/mol. The van der Waals surface area contributed by atoms with Crippen LogP contribution >= 0.6 is 0 Å². The van der Waals surface area contributed by atoms with Crippen LogP contribution < -0.4 is 39.3 Å². The van der Waals surface area contributed by atoms with E-state index in [1.54, 1.807) is 6.07 Å². The van der Waals surface area contributed by atoms with E-state index in [9.17, 15) is 14.0 Å². The number of hydrazine groups is 1. The van der Waals surface area contributed by atoms with E-state index in [0.29, 0.717) is 0 Å². The number of carbonyl (C=O) groups is 2. The molecule has 0 atom stereocenters. The Labute approximate surface area is 251 Å². The van der Waals surface area contributed by atoms with Gasteiger partial charge in [-0.1, -0.05) is 12.1 Å². The molecule has 0 unspecified atom stereocenters. The first-order chi connectivity index (χ1) is 21.2. The number of amidine groups is 2. The maximum atomic E-state index is 14.3. The molecular weight excluding hydrogens is 579 g/mol. The van der Waals surface area contributed by atoms with Crippen LogP contribution in [0.3, 0.4) is 0 Å². The number of aliphatic imine (C=N–C) groups is 1. The quantitative estimate of drug-likeness (QED) is 0.290. The zero-order valence-electron chi connectivity index (χ0n) is 24.6. The van der Waals surface area contributed by atoms with Crippen LogP contribution in [0.1, 0.15) is 20.7 Å². The Morgan fingerprint density at radius 1 is 0.795 bits per heavy atom. The lowest BCUT2D eigenvalue weighted by Gasteiger charge is -2.18. The minimum atomic E-state index is -0.850. The molecule has 1 aliphatic rings. The lowest BCUT2D eigenvalue weighted by Crippen LogP contribution is -2.41. The Kier molecular flexibility index (Phi) is 9.47. The van der Waals surface area contributed by atoms with Crippen LogP contribution in [0.15, 0.2) is 58.6 Å². The van der Waals surface area contributed by atoms with E-state index >= 15 is 0 Å². The van der Waals surface area contributed by atoms with Gasteiger partial charge in [-0.25, -0.2) is 4.39 Å². The zero-order valence-corrected chi connectivity index (χ0v) is 24.6. The van der Waals surface area contributed by atoms with Crippen molar-refractivity contribution in [2.45, 2.75) is 0 Å². The number of nitrogens with one attached hydrogen (secondary N) is 3. The number of benzene rings is 3. The van der Waals surface area contributed by atoms with Crippen LogP contribution in [0.5, 0.6) is 34.5 Å². The summed E-state index contributed by atoms with van der Waals surface area (Å²) < 4.78 is 46.3. The molecule has 1 aliphatic heterocycles. The topological polar surface area (TPSA) is 165 Å². The third-order valence-electron chi connectivity index (χ3n) is 6.28. The number of anilines is 1. The van der Waals surface area contributed by atoms with E-state index in [-0.39, 0.29) is 62.9 Å². The average molecular weight is 609 g/mol. The first-order valence-electron chi connectivity index (χ1n) is 12.7. The van der Waals surface area contributed by atoms with Crippen molar-refractivity contribution in [1.29, 1.82) is 5.41 Å². The van der Waals surface area contributed by atoms with Crippen LogP contribution in [0.2, 0.25) is 0 Å². The smallest absolute Gasteiger partial charge is 0.279 e. The minimum Gasteiger partial charge on any atom is -0.493 e. The van der Waals surface area contributed by atoms with Crippen molar-refractivity contribution in [1.82, 2.24) is 10.4 Å². The van der Waals surface area contributed by atoms with Gasteiger partial charge in [-0.3, -0.25) is 25.8 Å². The van der Waals surface area contributed by atoms with Gasteiger partial charge in [0.25, 0.3) is 11.8 Å². The molecule has 0 spiro atoms. The third-order valence-corrected chi connectivity index (χ3v) is 6.28. The highest BCUT2D eigenvalue weighted by atomic mass is 19.1. The molecule has 3 aromatic carbocycles. The van der Waals surface area contributed by atoms with Gasteiger partial charge in [-0.2, -0.15) is 15.1 Å². The number of carbonyl (C=O) groups excluding carboxylic acids is 2. The fourth-order valence-corrected chi connectivity index (χ4v) is 4.16. The molecule has 1 heterocycles. The molecule has 0 radical (unpaired) electrons. The molecule has 0 saturated carbocycles. The van der Waals surface area contributed by atoms with E-state index in [2.05, 4.69) is 20.9 Å². The molecule has 230 valence electrons. The Hall–Kier alpha value is -5.86. The maximum Gasteiger partial charge on any atom is 0.279 e. The largest absolute Gasteiger partial charge is 0.493 e. The van der Waals surface area contributed by atoms with Crippen LogP contribution in [-0.2, 0) is 0 Å². The molecule has 3 aromatic rings. The van der Waals surface area contributed by atoms with Crippen molar-refractivity contribution in [2.75, 3.05) is 48.1 Å². The first-order valence-corrected chi connectivity index (χ1v) is 12.7. The van der Waals surface area contributed by atoms with Gasteiger partial charge in [0, 0.05) is 11.1 Å². The summed E-state index contributed by atoms with van der Waals surface area (Å²) in [6.07, 6.45) is 0. The molecular formula is C29H29FN6O8. The lowest BCUT2D eigenvalue weighted by molar-refractivity contribution is 0.0826. The molecule has 15 heteroatoms. The molecule has 4 rings (SSSR count). The number of hydrogen-bond acceptors (Lipinski definition) is 11. The second kappa shape index (κ2) is 13.4. The van der Waals surface area contributed by atoms with E-state index < -0.39 is 23.5 Å². The van der Waals surface area contributed by atoms with Crippen LogP contribution in [0.4, 0.5) is 10.1 Å². The number of nitrogens with zero attached hydrogens (tertiary/aromatic N) is 3. The Balaban J connectivity index is 1.84. The average Bonchev–Trinajstić information content (AvgIpc) is 3.36. The van der Waals surface area contributed by atoms with Crippen LogP contribution in [0.25, 0.3) is 0 Å². The number of halogens is 1. The van der Waals surface area contributed by atoms with Crippen molar-refractivity contribution in [3.63, 3.8) is 0 Å². The van der Waals surface area contributed by atoms with E-state index in [1.807, 2.05) is 0 Å². The van der Waals surface area contributed by atoms with Gasteiger partial charge < -0.3 is 28.4 Å². The molecule has 3 N–H and O–H groups in total. The predicted octanol–water partition coefficient (Wildman–Crippen LogP) is 3.52. The Morgan fingerprint density at radius 2 is 1.30 bits per heavy atom. The molecule has 1 fully saturated rings. The fourth-order valence-electron chi connectivity index (χ4n) is 4.16. The maximum absolute atomic E-state index is 14.3. The molecule has 0 aromatic heterocycles. The first kappa shape index (κ1) is 31.1. The second-order valence-electron chi connectivity index (χ2n) is 8.75. The summed E-state index contributed by atoms with van der Waals surface area (Å²) in [5, 5.41) is 13.5. The van der Waals surface area contributed by atoms with Gasteiger partial charge >= 0.3 is 0 Å². The van der Waals surface area contributed by atoms with Crippen molar-refractivity contribution in [3.05, 3.63) is 65.5 Å². The molecule has 0 bridgehead atoms. The summed E-state index contributed by atoms with van der Waals surface area (Å²) in [4.78, 5) is 31.5. The van der Waals surface area contributed by atoms with Gasteiger partial charge in [0.15, 0.2) is 40.4 Å². The summed E-state index contributed by atoms with van der Waals surface area (Å²) in [5.41, 5.74) is 4.83. The summed E-state index contributed by atoms with van der Waals surface area (Å²) in [6, 6.07) is 11.2. The van der Waals surface area contributed by atoms with Gasteiger partial charge in [0.05, 0.1) is 48.3 Å². The highest BCUT2D eigenvalue weighted by molar-refractivity contribution is 6.71. The SMILES string of the molecule is COc1cc(C(=O)N=C2/C(=N\Nc3ccccc3F)C(=N)NN2C(=O)c2cc(OC)c(OC)c(OC)c2)cc(OC)c1OC. The second-order valence-corrected chi connectivity index (χ2v) is 8.75. The van der Waals surface area contributed by atoms with Crippen LogP contribution in [0, 0.1) is 11.2 Å². The van der Waals surface area contributed by atoms with Gasteiger partial charge in [0.2, 0.25) is 11.5 Å². The molecule has 2 amide bonds. The summed E-state index contributed by atoms with van der Waals surface area (Å²) in [5.74, 6) is -1.76. The zero-order chi connectivity index (χ0) is 32.0. The van der Waals surface area contributed by atoms with Crippen LogP contribution in [-0.4, -0.2) is 76.9 Å². The number of rotatable bonds is 10. The number of amides is 2. The number of methoxy groups -OCH3 is 6. The molecule has 14 nitrogen and oxygen atoms in total. The van der Waals surface area contributed by atoms with E-state index in [4.69, 9.17) is 33.8 Å². The minimum absolute atomic E-state index is 0.00651. The van der Waals surface area contributed by atoms with E-state index in [0.717, 1.165) is 5.01 Å².